The van der Waals surface area contributed by atoms with Crippen molar-refractivity contribution in [2.24, 2.45) is 0 Å². The van der Waals surface area contributed by atoms with E-state index in [0.29, 0.717) is 5.88 Å². The third-order valence-electron chi connectivity index (χ3n) is 2.13. The molecule has 0 saturated carbocycles. The molecule has 0 unspecified atom stereocenters. The Morgan fingerprint density at radius 1 is 1.46 bits per heavy atom. The Morgan fingerprint density at radius 3 is 2.92 bits per heavy atom. The second-order valence-electron chi connectivity index (χ2n) is 2.99. The summed E-state index contributed by atoms with van der Waals surface area (Å²) in [4.78, 5) is 0. The lowest BCUT2D eigenvalue weighted by molar-refractivity contribution is 1.32. The van der Waals surface area contributed by atoms with E-state index >= 15 is 0 Å². The summed E-state index contributed by atoms with van der Waals surface area (Å²) in [6.45, 7) is 2.11. The Kier molecular flexibility index (Phi) is 2.81. The van der Waals surface area contributed by atoms with Crippen LogP contribution in [0.3, 0.4) is 0 Å². The Hall–Kier alpha value is 0.200. The van der Waals surface area contributed by atoms with E-state index in [1.807, 2.05) is 0 Å². The number of rotatable bonds is 1. The van der Waals surface area contributed by atoms with Crippen LogP contribution in [0.1, 0.15) is 11.1 Å². The van der Waals surface area contributed by atoms with Crippen molar-refractivity contribution in [3.8, 4) is 0 Å². The number of halogens is 2. The normalized spacial score (nSPS) is 11.0. The summed E-state index contributed by atoms with van der Waals surface area (Å²) in [5.41, 5.74) is 2.53. The van der Waals surface area contributed by atoms with Gasteiger partial charge in [0.05, 0.1) is 0 Å². The first-order valence-corrected chi connectivity index (χ1v) is 6.44. The van der Waals surface area contributed by atoms with Crippen molar-refractivity contribution in [1.82, 2.24) is 0 Å². The number of fused-ring (bicyclic) bond motifs is 1. The van der Waals surface area contributed by atoms with Gasteiger partial charge in [-0.15, -0.1) is 22.9 Å². The van der Waals surface area contributed by atoms with Crippen LogP contribution in [0.15, 0.2) is 17.5 Å². The number of aryl methyl sites for hydroxylation is 1. The highest BCUT2D eigenvalue weighted by Gasteiger charge is 2.04. The Labute approximate surface area is 100 Å². The molecule has 0 radical (unpaired) electrons. The number of hydrogen-bond donors (Lipinski definition) is 0. The van der Waals surface area contributed by atoms with Crippen LogP contribution in [0.4, 0.5) is 0 Å². The predicted molar refractivity (Wildman–Crippen MR) is 68.8 cm³/mol. The molecular formula is C10H8ClIS. The van der Waals surface area contributed by atoms with Crippen molar-refractivity contribution in [2.45, 2.75) is 12.8 Å². The first-order chi connectivity index (χ1) is 6.22. The molecule has 1 aromatic carbocycles. The quantitative estimate of drug-likeness (QED) is 0.533. The monoisotopic (exact) mass is 322 g/mol. The van der Waals surface area contributed by atoms with E-state index in [1.54, 1.807) is 11.3 Å². The molecule has 1 heterocycles. The summed E-state index contributed by atoms with van der Waals surface area (Å²) in [6.07, 6.45) is 0. The van der Waals surface area contributed by atoms with Gasteiger partial charge >= 0.3 is 0 Å². The maximum atomic E-state index is 5.85. The van der Waals surface area contributed by atoms with E-state index < -0.39 is 0 Å². The average Bonchev–Trinajstić information content (AvgIpc) is 2.46. The fourth-order valence-electron chi connectivity index (χ4n) is 1.33. The molecule has 2 aromatic rings. The van der Waals surface area contributed by atoms with Crippen LogP contribution in [-0.4, -0.2) is 0 Å². The lowest BCUT2D eigenvalue weighted by Crippen LogP contribution is -1.83. The van der Waals surface area contributed by atoms with Gasteiger partial charge in [-0.05, 0) is 52.8 Å². The maximum absolute atomic E-state index is 5.85. The molecule has 0 spiro atoms. The van der Waals surface area contributed by atoms with Crippen molar-refractivity contribution >= 4 is 55.6 Å². The first kappa shape index (κ1) is 9.74. The molecule has 0 bridgehead atoms. The minimum Gasteiger partial charge on any atom is -0.143 e. The molecule has 68 valence electrons. The molecule has 0 amide bonds. The fourth-order valence-corrected chi connectivity index (χ4v) is 3.53. The van der Waals surface area contributed by atoms with E-state index in [9.17, 15) is 0 Å². The van der Waals surface area contributed by atoms with Crippen LogP contribution in [0, 0.1) is 10.5 Å². The smallest absolute Gasteiger partial charge is 0.0476 e. The minimum atomic E-state index is 0.605. The highest BCUT2D eigenvalue weighted by Crippen LogP contribution is 2.30. The second-order valence-corrected chi connectivity index (χ2v) is 5.33. The van der Waals surface area contributed by atoms with Gasteiger partial charge in [0.2, 0.25) is 0 Å². The molecule has 13 heavy (non-hydrogen) atoms. The molecule has 1 aromatic heterocycles. The van der Waals surface area contributed by atoms with Crippen molar-refractivity contribution in [3.05, 3.63) is 32.2 Å². The Morgan fingerprint density at radius 2 is 2.23 bits per heavy atom. The number of benzene rings is 1. The third kappa shape index (κ3) is 1.72. The fraction of sp³-hybridized carbons (Fsp3) is 0.200. The van der Waals surface area contributed by atoms with Crippen molar-refractivity contribution < 1.29 is 0 Å². The highest BCUT2D eigenvalue weighted by atomic mass is 127. The van der Waals surface area contributed by atoms with Crippen LogP contribution >= 0.6 is 45.5 Å². The molecule has 0 nitrogen and oxygen atoms in total. The highest BCUT2D eigenvalue weighted by molar-refractivity contribution is 14.1. The van der Waals surface area contributed by atoms with Crippen molar-refractivity contribution in [1.29, 1.82) is 0 Å². The lowest BCUT2D eigenvalue weighted by Gasteiger charge is -2.01. The summed E-state index contributed by atoms with van der Waals surface area (Å²) in [7, 11) is 0. The van der Waals surface area contributed by atoms with Gasteiger partial charge in [-0.2, -0.15) is 0 Å². The molecule has 0 saturated heterocycles. The number of thiophene rings is 1. The van der Waals surface area contributed by atoms with Gasteiger partial charge in [0.1, 0.15) is 0 Å². The summed E-state index contributed by atoms with van der Waals surface area (Å²) < 4.78 is 2.68. The zero-order valence-electron chi connectivity index (χ0n) is 7.10. The van der Waals surface area contributed by atoms with Crippen LogP contribution in [0.2, 0.25) is 0 Å². The van der Waals surface area contributed by atoms with Crippen LogP contribution in [0.25, 0.3) is 10.1 Å². The van der Waals surface area contributed by atoms with Gasteiger partial charge in [0, 0.05) is 24.9 Å². The zero-order chi connectivity index (χ0) is 9.42. The lowest BCUT2D eigenvalue weighted by atomic mass is 10.1. The third-order valence-corrected chi connectivity index (χ3v) is 4.68. The van der Waals surface area contributed by atoms with Crippen LogP contribution < -0.4 is 0 Å². The average molecular weight is 323 g/mol. The first-order valence-electron chi connectivity index (χ1n) is 3.94. The molecule has 0 aliphatic carbocycles. The van der Waals surface area contributed by atoms with Gasteiger partial charge in [0.15, 0.2) is 0 Å². The topological polar surface area (TPSA) is 0 Å². The standard InChI is InChI=1S/C10H8ClIS/c1-6-2-10-8(3-7(6)4-11)9(12)5-13-10/h2-3,5H,4H2,1H3. The van der Waals surface area contributed by atoms with Gasteiger partial charge in [-0.25, -0.2) is 0 Å². The van der Waals surface area contributed by atoms with Gasteiger partial charge in [0.25, 0.3) is 0 Å². The molecule has 2 rings (SSSR count). The summed E-state index contributed by atoms with van der Waals surface area (Å²) >= 11 is 10.0. The molecule has 0 aliphatic heterocycles. The predicted octanol–water partition coefficient (Wildman–Crippen LogP) is 4.55. The number of hydrogen-bond acceptors (Lipinski definition) is 1. The van der Waals surface area contributed by atoms with E-state index in [2.05, 4.69) is 47.0 Å². The molecule has 0 aliphatic rings. The summed E-state index contributed by atoms with van der Waals surface area (Å²) in [5.74, 6) is 0.605. The van der Waals surface area contributed by atoms with Gasteiger partial charge < -0.3 is 0 Å². The number of alkyl halides is 1. The SMILES string of the molecule is Cc1cc2scc(I)c2cc1CCl. The molecule has 0 atom stereocenters. The van der Waals surface area contributed by atoms with Crippen molar-refractivity contribution in [2.75, 3.05) is 0 Å². The van der Waals surface area contributed by atoms with Gasteiger partial charge in [-0.3, -0.25) is 0 Å². The zero-order valence-corrected chi connectivity index (χ0v) is 10.8. The summed E-state index contributed by atoms with van der Waals surface area (Å²) in [5, 5.41) is 3.52. The largest absolute Gasteiger partial charge is 0.143 e. The van der Waals surface area contributed by atoms with E-state index in [0.717, 1.165) is 0 Å². The Bertz CT molecular complexity index is 447. The maximum Gasteiger partial charge on any atom is 0.0476 e. The molecule has 0 N–H and O–H groups in total. The molecular weight excluding hydrogens is 315 g/mol. The summed E-state index contributed by atoms with van der Waals surface area (Å²) in [6, 6.07) is 4.43. The second kappa shape index (κ2) is 3.75. The minimum absolute atomic E-state index is 0.605. The molecule has 0 fully saturated rings. The Balaban J connectivity index is 2.77. The van der Waals surface area contributed by atoms with Crippen LogP contribution in [-0.2, 0) is 5.88 Å². The van der Waals surface area contributed by atoms with E-state index in [-0.39, 0.29) is 0 Å². The van der Waals surface area contributed by atoms with Crippen molar-refractivity contribution in [3.63, 3.8) is 0 Å². The van der Waals surface area contributed by atoms with Gasteiger partial charge in [-0.1, -0.05) is 0 Å². The van der Waals surface area contributed by atoms with E-state index in [4.69, 9.17) is 11.6 Å². The van der Waals surface area contributed by atoms with Crippen LogP contribution in [0.5, 0.6) is 0 Å². The molecule has 3 heteroatoms. The van der Waals surface area contributed by atoms with E-state index in [1.165, 1.54) is 24.8 Å².